The molecule has 0 aliphatic carbocycles. The molecule has 3 heteroatoms. The van der Waals surface area contributed by atoms with E-state index in [0.717, 1.165) is 31.6 Å². The van der Waals surface area contributed by atoms with Gasteiger partial charge in [0.15, 0.2) is 0 Å². The first-order valence-corrected chi connectivity index (χ1v) is 7.25. The van der Waals surface area contributed by atoms with Crippen molar-refractivity contribution < 1.29 is 14.6 Å². The van der Waals surface area contributed by atoms with Crippen molar-refractivity contribution in [1.29, 1.82) is 0 Å². The highest BCUT2D eigenvalue weighted by atomic mass is 16.5. The molecular weight excluding hydrogens is 240 g/mol. The molecule has 0 saturated heterocycles. The highest BCUT2D eigenvalue weighted by Gasteiger charge is 2.02. The molecule has 1 aromatic rings. The lowest BCUT2D eigenvalue weighted by atomic mass is 10.2. The lowest BCUT2D eigenvalue weighted by molar-refractivity contribution is 0.0537. The van der Waals surface area contributed by atoms with Gasteiger partial charge in [-0.15, -0.1) is 0 Å². The van der Waals surface area contributed by atoms with Crippen LogP contribution >= 0.6 is 0 Å². The number of phenolic OH excluding ortho intramolecular Hbond substituents is 1. The zero-order chi connectivity index (χ0) is 13.9. The van der Waals surface area contributed by atoms with Gasteiger partial charge in [0.05, 0.1) is 12.7 Å². The van der Waals surface area contributed by atoms with Crippen molar-refractivity contribution in [2.75, 3.05) is 13.2 Å². The third-order valence-electron chi connectivity index (χ3n) is 3.01. The van der Waals surface area contributed by atoms with Crippen molar-refractivity contribution in [3.05, 3.63) is 24.3 Å². The molecule has 0 aliphatic heterocycles. The van der Waals surface area contributed by atoms with Crippen molar-refractivity contribution in [1.82, 2.24) is 0 Å². The van der Waals surface area contributed by atoms with Crippen LogP contribution in [0.2, 0.25) is 0 Å². The predicted octanol–water partition coefficient (Wildman–Crippen LogP) is 4.15. The fraction of sp³-hybridized carbons (Fsp3) is 0.625. The average molecular weight is 266 g/mol. The van der Waals surface area contributed by atoms with Crippen molar-refractivity contribution in [3.8, 4) is 11.5 Å². The minimum absolute atomic E-state index is 0.265. The highest BCUT2D eigenvalue weighted by molar-refractivity contribution is 5.29. The Morgan fingerprint density at radius 2 is 1.79 bits per heavy atom. The molecular formula is C16H26O3. The molecule has 1 aromatic carbocycles. The topological polar surface area (TPSA) is 38.7 Å². The molecule has 1 unspecified atom stereocenters. The number of ether oxygens (including phenoxy) is 2. The summed E-state index contributed by atoms with van der Waals surface area (Å²) in [6.07, 6.45) is 5.94. The molecule has 0 radical (unpaired) electrons. The molecule has 0 aliphatic rings. The van der Waals surface area contributed by atoms with Crippen LogP contribution in [0.15, 0.2) is 24.3 Å². The Kier molecular flexibility index (Phi) is 8.07. The molecule has 0 aromatic heterocycles. The van der Waals surface area contributed by atoms with Gasteiger partial charge in [0.1, 0.15) is 11.5 Å². The third kappa shape index (κ3) is 7.73. The highest BCUT2D eigenvalue weighted by Crippen LogP contribution is 2.16. The van der Waals surface area contributed by atoms with E-state index in [4.69, 9.17) is 14.6 Å². The van der Waals surface area contributed by atoms with E-state index in [1.165, 1.54) is 12.8 Å². The number of phenols is 1. The zero-order valence-electron chi connectivity index (χ0n) is 12.1. The lowest BCUT2D eigenvalue weighted by Crippen LogP contribution is -2.11. The summed E-state index contributed by atoms with van der Waals surface area (Å²) in [5, 5.41) is 9.15. The second-order valence-electron chi connectivity index (χ2n) is 4.87. The molecule has 0 spiro atoms. The molecule has 0 amide bonds. The molecule has 19 heavy (non-hydrogen) atoms. The monoisotopic (exact) mass is 266 g/mol. The molecule has 0 fully saturated rings. The van der Waals surface area contributed by atoms with Crippen molar-refractivity contribution >= 4 is 0 Å². The van der Waals surface area contributed by atoms with Gasteiger partial charge in [-0.25, -0.2) is 0 Å². The van der Waals surface area contributed by atoms with Gasteiger partial charge in [0.25, 0.3) is 0 Å². The molecule has 0 saturated carbocycles. The van der Waals surface area contributed by atoms with E-state index in [2.05, 4.69) is 13.8 Å². The molecule has 3 nitrogen and oxygen atoms in total. The summed E-state index contributed by atoms with van der Waals surface area (Å²) in [5.74, 6) is 1.07. The Morgan fingerprint density at radius 3 is 2.47 bits per heavy atom. The fourth-order valence-corrected chi connectivity index (χ4v) is 1.82. The quantitative estimate of drug-likeness (QED) is 0.647. The lowest BCUT2D eigenvalue weighted by Gasteiger charge is -2.13. The van der Waals surface area contributed by atoms with E-state index in [0.29, 0.717) is 12.7 Å². The first kappa shape index (κ1) is 15.8. The second-order valence-corrected chi connectivity index (χ2v) is 4.87. The summed E-state index contributed by atoms with van der Waals surface area (Å²) >= 11 is 0. The smallest absolute Gasteiger partial charge is 0.119 e. The maximum atomic E-state index is 9.15. The number of hydrogen-bond acceptors (Lipinski definition) is 3. The van der Waals surface area contributed by atoms with Gasteiger partial charge >= 0.3 is 0 Å². The van der Waals surface area contributed by atoms with Crippen molar-refractivity contribution in [2.24, 2.45) is 0 Å². The largest absolute Gasteiger partial charge is 0.508 e. The van der Waals surface area contributed by atoms with Crippen LogP contribution in [0.5, 0.6) is 11.5 Å². The van der Waals surface area contributed by atoms with Crippen molar-refractivity contribution in [3.63, 3.8) is 0 Å². The molecule has 108 valence electrons. The minimum atomic E-state index is 0.265. The normalized spacial score (nSPS) is 12.3. The van der Waals surface area contributed by atoms with E-state index < -0.39 is 0 Å². The number of benzene rings is 1. The van der Waals surface area contributed by atoms with Gasteiger partial charge in [-0.2, -0.15) is 0 Å². The average Bonchev–Trinajstić information content (AvgIpc) is 2.42. The molecule has 1 atom stereocenters. The summed E-state index contributed by atoms with van der Waals surface area (Å²) in [6.45, 7) is 5.87. The van der Waals surface area contributed by atoms with E-state index in [1.54, 1.807) is 24.3 Å². The molecule has 1 rings (SSSR count). The maximum absolute atomic E-state index is 9.15. The third-order valence-corrected chi connectivity index (χ3v) is 3.01. The van der Waals surface area contributed by atoms with Gasteiger partial charge in [0.2, 0.25) is 0 Å². The summed E-state index contributed by atoms with van der Waals surface area (Å²) in [5.41, 5.74) is 0. The number of aromatic hydroxyl groups is 1. The van der Waals surface area contributed by atoms with Crippen LogP contribution < -0.4 is 4.74 Å². The zero-order valence-corrected chi connectivity index (χ0v) is 12.1. The van der Waals surface area contributed by atoms with E-state index in [9.17, 15) is 0 Å². The fourth-order valence-electron chi connectivity index (χ4n) is 1.82. The Morgan fingerprint density at radius 1 is 1.05 bits per heavy atom. The van der Waals surface area contributed by atoms with E-state index in [1.807, 2.05) is 0 Å². The van der Waals surface area contributed by atoms with Crippen molar-refractivity contribution in [2.45, 2.75) is 52.1 Å². The maximum Gasteiger partial charge on any atom is 0.119 e. The minimum Gasteiger partial charge on any atom is -0.508 e. The summed E-state index contributed by atoms with van der Waals surface area (Å²) in [6, 6.07) is 6.82. The van der Waals surface area contributed by atoms with Gasteiger partial charge in [-0.05, 0) is 50.5 Å². The SMILES string of the molecule is CCCCCOC(C)CCCOc1ccc(O)cc1. The van der Waals surface area contributed by atoms with Crippen LogP contribution in [0, 0.1) is 0 Å². The van der Waals surface area contributed by atoms with Crippen LogP contribution in [-0.2, 0) is 4.74 Å². The summed E-state index contributed by atoms with van der Waals surface area (Å²) in [4.78, 5) is 0. The first-order valence-electron chi connectivity index (χ1n) is 7.25. The first-order chi connectivity index (χ1) is 9.22. The Labute approximate surface area is 116 Å². The van der Waals surface area contributed by atoms with Crippen LogP contribution in [0.1, 0.15) is 46.0 Å². The summed E-state index contributed by atoms with van der Waals surface area (Å²) < 4.78 is 11.3. The van der Waals surface area contributed by atoms with Gasteiger partial charge in [0, 0.05) is 6.61 Å². The van der Waals surface area contributed by atoms with E-state index >= 15 is 0 Å². The van der Waals surface area contributed by atoms with Gasteiger partial charge < -0.3 is 14.6 Å². The van der Waals surface area contributed by atoms with Crippen LogP contribution in [-0.4, -0.2) is 24.4 Å². The number of hydrogen-bond donors (Lipinski definition) is 1. The summed E-state index contributed by atoms with van der Waals surface area (Å²) in [7, 11) is 0. The molecule has 1 N–H and O–H groups in total. The standard InChI is InChI=1S/C16H26O3/c1-3-4-5-12-18-14(2)7-6-13-19-16-10-8-15(17)9-11-16/h8-11,14,17H,3-7,12-13H2,1-2H3. The molecule has 0 bridgehead atoms. The van der Waals surface area contributed by atoms with Gasteiger partial charge in [-0.3, -0.25) is 0 Å². The Hall–Kier alpha value is -1.22. The van der Waals surface area contributed by atoms with Crippen LogP contribution in [0.3, 0.4) is 0 Å². The van der Waals surface area contributed by atoms with Crippen LogP contribution in [0.4, 0.5) is 0 Å². The number of rotatable bonds is 10. The van der Waals surface area contributed by atoms with E-state index in [-0.39, 0.29) is 5.75 Å². The second kappa shape index (κ2) is 9.68. The predicted molar refractivity (Wildman–Crippen MR) is 77.8 cm³/mol. The number of unbranched alkanes of at least 4 members (excludes halogenated alkanes) is 2. The van der Waals surface area contributed by atoms with Gasteiger partial charge in [-0.1, -0.05) is 19.8 Å². The molecule has 0 heterocycles. The van der Waals surface area contributed by atoms with Crippen LogP contribution in [0.25, 0.3) is 0 Å². The Balaban J connectivity index is 2.02. The Bertz CT molecular complexity index is 321.